The number of amides is 1. The van der Waals surface area contributed by atoms with Gasteiger partial charge in [0.05, 0.1) is 11.9 Å². The molecule has 0 saturated carbocycles. The summed E-state index contributed by atoms with van der Waals surface area (Å²) in [5.74, 6) is 1.47. The van der Waals surface area contributed by atoms with Gasteiger partial charge in [0.1, 0.15) is 10.8 Å². The van der Waals surface area contributed by atoms with Gasteiger partial charge in [0.2, 0.25) is 11.9 Å². The summed E-state index contributed by atoms with van der Waals surface area (Å²) in [6, 6.07) is 5.30. The molecule has 0 atom stereocenters. The molecule has 1 amide bonds. The van der Waals surface area contributed by atoms with Gasteiger partial charge in [-0.2, -0.15) is 10.1 Å². The number of piperidine rings is 2. The van der Waals surface area contributed by atoms with Crippen LogP contribution in [-0.2, 0) is 4.79 Å². The Bertz CT molecular complexity index is 1320. The number of hydrogen-bond acceptors (Lipinski definition) is 7. The summed E-state index contributed by atoms with van der Waals surface area (Å²) in [4.78, 5) is 25.5. The molecule has 1 aromatic carbocycles. The molecule has 2 aliphatic rings. The number of nitrogens with one attached hydrogen (secondary N) is 3. The second-order valence-corrected chi connectivity index (χ2v) is 11.3. The Labute approximate surface area is 239 Å². The maximum absolute atomic E-state index is 15.3. The normalized spacial score (nSPS) is 16.8. The van der Waals surface area contributed by atoms with E-state index in [9.17, 15) is 4.79 Å². The largest absolute Gasteiger partial charge is 0.343 e. The molecule has 0 aliphatic carbocycles. The quantitative estimate of drug-likeness (QED) is 0.288. The van der Waals surface area contributed by atoms with Crippen molar-refractivity contribution in [1.82, 2.24) is 30.0 Å². The van der Waals surface area contributed by atoms with E-state index in [0.717, 1.165) is 81.6 Å². The van der Waals surface area contributed by atoms with Gasteiger partial charge in [-0.1, -0.05) is 11.6 Å². The van der Waals surface area contributed by atoms with E-state index in [0.29, 0.717) is 40.6 Å². The van der Waals surface area contributed by atoms with Crippen molar-refractivity contribution < 1.29 is 9.18 Å². The highest BCUT2D eigenvalue weighted by Crippen LogP contribution is 2.34. The van der Waals surface area contributed by atoms with Crippen LogP contribution in [0.2, 0.25) is 5.02 Å². The first-order valence-corrected chi connectivity index (χ1v) is 14.6. The van der Waals surface area contributed by atoms with Gasteiger partial charge in [-0.15, -0.1) is 0 Å². The molecule has 11 heteroatoms. The summed E-state index contributed by atoms with van der Waals surface area (Å²) < 4.78 is 15.3. The van der Waals surface area contributed by atoms with Crippen molar-refractivity contribution in [2.24, 2.45) is 0 Å². The van der Waals surface area contributed by atoms with Crippen LogP contribution in [0.3, 0.4) is 0 Å². The number of halogens is 2. The molecular weight excluding hydrogens is 531 g/mol. The van der Waals surface area contributed by atoms with Crippen LogP contribution in [-0.4, -0.2) is 68.6 Å². The Morgan fingerprint density at radius 3 is 2.60 bits per heavy atom. The number of H-pyrrole nitrogens is 1. The predicted molar refractivity (Wildman–Crippen MR) is 156 cm³/mol. The van der Waals surface area contributed by atoms with Gasteiger partial charge >= 0.3 is 0 Å². The molecule has 0 radical (unpaired) electrons. The zero-order valence-electron chi connectivity index (χ0n) is 23.3. The molecule has 2 aliphatic heterocycles. The molecule has 0 spiro atoms. The van der Waals surface area contributed by atoms with Gasteiger partial charge in [-0.05, 0) is 101 Å². The number of likely N-dealkylation sites (tertiary alicyclic amines) is 2. The van der Waals surface area contributed by atoms with Crippen LogP contribution in [0.5, 0.6) is 0 Å². The highest BCUT2D eigenvalue weighted by Gasteiger charge is 2.24. The van der Waals surface area contributed by atoms with Crippen LogP contribution in [0.4, 0.5) is 27.7 Å². The van der Waals surface area contributed by atoms with Gasteiger partial charge in [-0.25, -0.2) is 9.37 Å². The fourth-order valence-electron chi connectivity index (χ4n) is 5.69. The summed E-state index contributed by atoms with van der Waals surface area (Å²) in [6.45, 7) is 8.64. The zero-order valence-corrected chi connectivity index (χ0v) is 24.0. The fraction of sp³-hybridized carbons (Fsp3) is 0.517. The van der Waals surface area contributed by atoms with Crippen LogP contribution in [0, 0.1) is 19.7 Å². The van der Waals surface area contributed by atoms with Gasteiger partial charge < -0.3 is 20.4 Å². The molecule has 214 valence electrons. The van der Waals surface area contributed by atoms with E-state index in [-0.39, 0.29) is 11.8 Å². The number of rotatable bonds is 9. The summed E-state index contributed by atoms with van der Waals surface area (Å²) >= 11 is 6.26. The van der Waals surface area contributed by atoms with E-state index >= 15 is 4.39 Å². The second kappa shape index (κ2) is 13.0. The minimum Gasteiger partial charge on any atom is -0.343 e. The molecular formula is C29H38ClFN8O. The summed E-state index contributed by atoms with van der Waals surface area (Å²) in [5.41, 5.74) is 3.31. The molecule has 0 unspecified atom stereocenters. The standard InChI is InChI=1S/C29H38ClFN8O/c1-19-15-25(33-29-32-18-23(30)28(35-29)34-26-16-20(2)36-37-26)24(31)17-22(19)21-8-13-38(14-9-21)10-6-7-27(40)39-11-4-3-5-12-39/h15-18,21H,3-14H2,1-2H3,(H3,32,33,34,35,36,37). The lowest BCUT2D eigenvalue weighted by Crippen LogP contribution is -2.37. The number of aryl methyl sites for hydroxylation is 2. The highest BCUT2D eigenvalue weighted by molar-refractivity contribution is 6.32. The molecule has 5 rings (SSSR count). The molecule has 40 heavy (non-hydrogen) atoms. The van der Waals surface area contributed by atoms with E-state index < -0.39 is 0 Å². The van der Waals surface area contributed by atoms with Crippen molar-refractivity contribution >= 4 is 40.8 Å². The van der Waals surface area contributed by atoms with Crippen molar-refractivity contribution in [3.63, 3.8) is 0 Å². The van der Waals surface area contributed by atoms with Gasteiger partial charge in [0, 0.05) is 31.3 Å². The van der Waals surface area contributed by atoms with Crippen LogP contribution in [0.25, 0.3) is 0 Å². The zero-order chi connectivity index (χ0) is 28.1. The molecule has 3 N–H and O–H groups in total. The highest BCUT2D eigenvalue weighted by atomic mass is 35.5. The van der Waals surface area contributed by atoms with Gasteiger partial charge in [-0.3, -0.25) is 9.89 Å². The van der Waals surface area contributed by atoms with Crippen molar-refractivity contribution in [2.45, 2.75) is 64.7 Å². The third kappa shape index (κ3) is 7.09. The van der Waals surface area contributed by atoms with Crippen molar-refractivity contribution in [3.05, 3.63) is 52.1 Å². The summed E-state index contributed by atoms with van der Waals surface area (Å²) in [5, 5.41) is 13.4. The van der Waals surface area contributed by atoms with E-state index in [2.05, 4.69) is 35.7 Å². The number of aromatic amines is 1. The number of aromatic nitrogens is 4. The Kier molecular flexibility index (Phi) is 9.16. The number of anilines is 4. The minimum atomic E-state index is -0.338. The fourth-order valence-corrected chi connectivity index (χ4v) is 5.83. The van der Waals surface area contributed by atoms with Crippen LogP contribution in [0.15, 0.2) is 24.4 Å². The molecule has 0 bridgehead atoms. The van der Waals surface area contributed by atoms with E-state index in [4.69, 9.17) is 11.6 Å². The van der Waals surface area contributed by atoms with E-state index in [1.807, 2.05) is 30.9 Å². The lowest BCUT2D eigenvalue weighted by molar-refractivity contribution is -0.132. The molecule has 2 aromatic heterocycles. The maximum atomic E-state index is 15.3. The monoisotopic (exact) mass is 568 g/mol. The smallest absolute Gasteiger partial charge is 0.229 e. The van der Waals surface area contributed by atoms with Gasteiger partial charge in [0.15, 0.2) is 11.6 Å². The number of nitrogens with zero attached hydrogens (tertiary/aromatic N) is 5. The molecule has 4 heterocycles. The average molecular weight is 569 g/mol. The van der Waals surface area contributed by atoms with Crippen LogP contribution < -0.4 is 10.6 Å². The number of carbonyl (C=O) groups is 1. The molecule has 2 saturated heterocycles. The topological polar surface area (TPSA) is 102 Å². The third-order valence-corrected chi connectivity index (χ3v) is 8.18. The predicted octanol–water partition coefficient (Wildman–Crippen LogP) is 6.07. The SMILES string of the molecule is Cc1cc(Nc2nc(Nc3cc(C)c(C4CCN(CCCC(=O)N5CCCCC5)CC4)cc3F)ncc2Cl)n[nH]1. The first-order valence-electron chi connectivity index (χ1n) is 14.2. The van der Waals surface area contributed by atoms with E-state index in [1.54, 1.807) is 6.07 Å². The lowest BCUT2D eigenvalue weighted by atomic mass is 9.86. The molecule has 2 fully saturated rings. The summed E-state index contributed by atoms with van der Waals surface area (Å²) in [7, 11) is 0. The van der Waals surface area contributed by atoms with E-state index in [1.165, 1.54) is 12.6 Å². The van der Waals surface area contributed by atoms with Crippen molar-refractivity contribution in [2.75, 3.05) is 43.4 Å². The summed E-state index contributed by atoms with van der Waals surface area (Å²) in [6.07, 6.45) is 8.48. The Hall–Kier alpha value is -3.24. The van der Waals surface area contributed by atoms with Gasteiger partial charge in [0.25, 0.3) is 0 Å². The van der Waals surface area contributed by atoms with Crippen LogP contribution in [0.1, 0.15) is 67.7 Å². The Morgan fingerprint density at radius 1 is 1.10 bits per heavy atom. The average Bonchev–Trinajstić information content (AvgIpc) is 3.37. The molecule has 9 nitrogen and oxygen atoms in total. The number of carbonyl (C=O) groups excluding carboxylic acids is 1. The molecule has 3 aromatic rings. The Balaban J connectivity index is 1.14. The lowest BCUT2D eigenvalue weighted by Gasteiger charge is -2.33. The number of hydrogen-bond donors (Lipinski definition) is 3. The van der Waals surface area contributed by atoms with Crippen molar-refractivity contribution in [1.29, 1.82) is 0 Å². The van der Waals surface area contributed by atoms with Crippen LogP contribution >= 0.6 is 11.6 Å². The van der Waals surface area contributed by atoms with Crippen molar-refractivity contribution in [3.8, 4) is 0 Å². The minimum absolute atomic E-state index is 0.234. The third-order valence-electron chi connectivity index (χ3n) is 7.90. The Morgan fingerprint density at radius 2 is 1.88 bits per heavy atom. The maximum Gasteiger partial charge on any atom is 0.229 e. The first kappa shape index (κ1) is 28.3. The first-order chi connectivity index (χ1) is 19.4. The number of benzene rings is 1. The second-order valence-electron chi connectivity index (χ2n) is 10.9.